The van der Waals surface area contributed by atoms with Gasteiger partial charge in [-0.15, -0.1) is 0 Å². The summed E-state index contributed by atoms with van der Waals surface area (Å²) >= 11 is 0. The average molecular weight is 268 g/mol. The van der Waals surface area contributed by atoms with Gasteiger partial charge in [0.05, 0.1) is 14.2 Å². The summed E-state index contributed by atoms with van der Waals surface area (Å²) in [5.41, 5.74) is 4.90. The van der Waals surface area contributed by atoms with Gasteiger partial charge in [0, 0.05) is 0 Å². The molecule has 2 heteroatoms. The second-order valence-electron chi connectivity index (χ2n) is 4.79. The third-order valence-corrected chi connectivity index (χ3v) is 3.41. The molecule has 0 aliphatic carbocycles. The van der Waals surface area contributed by atoms with E-state index in [1.165, 1.54) is 16.7 Å². The quantitative estimate of drug-likeness (QED) is 0.761. The molecule has 0 aliphatic rings. The van der Waals surface area contributed by atoms with Gasteiger partial charge in [0.15, 0.2) is 11.5 Å². The Labute approximate surface area is 120 Å². The lowest BCUT2D eigenvalue weighted by molar-refractivity contribution is 0.355. The molecule has 0 saturated heterocycles. The Morgan fingerprint density at radius 1 is 0.700 bits per heavy atom. The second kappa shape index (κ2) is 6.29. The molecule has 0 aliphatic heterocycles. The first-order valence-electron chi connectivity index (χ1n) is 6.61. The minimum Gasteiger partial charge on any atom is -0.493 e. The molecule has 20 heavy (non-hydrogen) atoms. The molecule has 0 bridgehead atoms. The molecule has 0 heterocycles. The number of hydrogen-bond donors (Lipinski definition) is 0. The summed E-state index contributed by atoms with van der Waals surface area (Å²) in [5, 5.41) is 0. The topological polar surface area (TPSA) is 18.5 Å². The normalized spacial score (nSPS) is 10.8. The van der Waals surface area contributed by atoms with E-state index in [0.717, 1.165) is 17.1 Å². The molecule has 0 N–H and O–H groups in total. The van der Waals surface area contributed by atoms with E-state index in [1.54, 1.807) is 14.2 Å². The summed E-state index contributed by atoms with van der Waals surface area (Å²) in [6.45, 7) is 4.25. The van der Waals surface area contributed by atoms with Crippen molar-refractivity contribution >= 4 is 12.2 Å². The van der Waals surface area contributed by atoms with Crippen molar-refractivity contribution in [1.29, 1.82) is 0 Å². The molecule has 104 valence electrons. The molecule has 0 aromatic heterocycles. The van der Waals surface area contributed by atoms with Crippen LogP contribution in [0.15, 0.2) is 36.4 Å². The Balaban J connectivity index is 2.24. The van der Waals surface area contributed by atoms with E-state index >= 15 is 0 Å². The maximum Gasteiger partial charge on any atom is 0.161 e. The van der Waals surface area contributed by atoms with Crippen molar-refractivity contribution < 1.29 is 9.47 Å². The first kappa shape index (κ1) is 14.2. The number of aryl methyl sites for hydroxylation is 2. The van der Waals surface area contributed by atoms with Crippen LogP contribution in [-0.4, -0.2) is 14.2 Å². The van der Waals surface area contributed by atoms with Gasteiger partial charge in [-0.25, -0.2) is 0 Å². The van der Waals surface area contributed by atoms with Crippen molar-refractivity contribution in [2.24, 2.45) is 0 Å². The highest BCUT2D eigenvalue weighted by atomic mass is 16.5. The zero-order valence-electron chi connectivity index (χ0n) is 12.4. The molecular weight excluding hydrogens is 248 g/mol. The average Bonchev–Trinajstić information content (AvgIpc) is 2.48. The van der Waals surface area contributed by atoms with E-state index in [0.29, 0.717) is 0 Å². The Hall–Kier alpha value is -2.22. The van der Waals surface area contributed by atoms with Crippen molar-refractivity contribution in [3.63, 3.8) is 0 Å². The molecule has 0 saturated carbocycles. The van der Waals surface area contributed by atoms with Crippen LogP contribution in [0, 0.1) is 13.8 Å². The van der Waals surface area contributed by atoms with Crippen LogP contribution < -0.4 is 9.47 Å². The van der Waals surface area contributed by atoms with E-state index in [-0.39, 0.29) is 0 Å². The molecule has 0 atom stereocenters. The van der Waals surface area contributed by atoms with Crippen LogP contribution in [0.1, 0.15) is 22.3 Å². The van der Waals surface area contributed by atoms with E-state index in [1.807, 2.05) is 18.2 Å². The van der Waals surface area contributed by atoms with E-state index in [2.05, 4.69) is 44.2 Å². The van der Waals surface area contributed by atoms with Crippen LogP contribution in [0.3, 0.4) is 0 Å². The highest BCUT2D eigenvalue weighted by Crippen LogP contribution is 2.28. The summed E-state index contributed by atoms with van der Waals surface area (Å²) in [6, 6.07) is 12.4. The van der Waals surface area contributed by atoms with Crippen LogP contribution in [0.4, 0.5) is 0 Å². The second-order valence-corrected chi connectivity index (χ2v) is 4.79. The standard InChI is InChI=1S/C18H20O2/c1-13-5-6-15(11-14(13)2)7-8-16-9-10-17(19-3)18(12-16)20-4/h5-12H,1-4H3. The van der Waals surface area contributed by atoms with Gasteiger partial charge in [0.1, 0.15) is 0 Å². The fraction of sp³-hybridized carbons (Fsp3) is 0.222. The minimum absolute atomic E-state index is 0.745. The molecule has 0 amide bonds. The van der Waals surface area contributed by atoms with Crippen molar-refractivity contribution in [3.05, 3.63) is 58.7 Å². The summed E-state index contributed by atoms with van der Waals surface area (Å²) in [6.07, 6.45) is 4.18. The number of ether oxygens (including phenoxy) is 2. The SMILES string of the molecule is COc1ccc(C=Cc2ccc(C)c(C)c2)cc1OC. The monoisotopic (exact) mass is 268 g/mol. The highest BCUT2D eigenvalue weighted by Gasteiger charge is 2.02. The molecule has 0 spiro atoms. The summed E-state index contributed by atoms with van der Waals surface area (Å²) in [5.74, 6) is 1.49. The lowest BCUT2D eigenvalue weighted by Crippen LogP contribution is -1.90. The first-order chi connectivity index (χ1) is 9.63. The molecule has 0 unspecified atom stereocenters. The van der Waals surface area contributed by atoms with Crippen LogP contribution in [0.5, 0.6) is 11.5 Å². The summed E-state index contributed by atoms with van der Waals surface area (Å²) in [7, 11) is 3.29. The molecular formula is C18H20O2. The molecule has 0 fully saturated rings. The lowest BCUT2D eigenvalue weighted by Gasteiger charge is -2.07. The van der Waals surface area contributed by atoms with Crippen LogP contribution in [-0.2, 0) is 0 Å². The first-order valence-corrected chi connectivity index (χ1v) is 6.61. The largest absolute Gasteiger partial charge is 0.493 e. The Morgan fingerprint density at radius 3 is 1.90 bits per heavy atom. The van der Waals surface area contributed by atoms with E-state index in [9.17, 15) is 0 Å². The van der Waals surface area contributed by atoms with Crippen molar-refractivity contribution in [2.75, 3.05) is 14.2 Å². The van der Waals surface area contributed by atoms with Gasteiger partial charge in [-0.2, -0.15) is 0 Å². The van der Waals surface area contributed by atoms with Crippen LogP contribution in [0.2, 0.25) is 0 Å². The lowest BCUT2D eigenvalue weighted by atomic mass is 10.1. The molecule has 2 aromatic carbocycles. The Bertz CT molecular complexity index is 627. The highest BCUT2D eigenvalue weighted by molar-refractivity contribution is 5.71. The molecule has 2 aromatic rings. The van der Waals surface area contributed by atoms with Gasteiger partial charge >= 0.3 is 0 Å². The summed E-state index contributed by atoms with van der Waals surface area (Å²) < 4.78 is 10.5. The molecule has 2 rings (SSSR count). The third-order valence-electron chi connectivity index (χ3n) is 3.41. The van der Waals surface area contributed by atoms with Gasteiger partial charge in [-0.3, -0.25) is 0 Å². The number of rotatable bonds is 4. The fourth-order valence-corrected chi connectivity index (χ4v) is 2.02. The van der Waals surface area contributed by atoms with Crippen LogP contribution in [0.25, 0.3) is 12.2 Å². The number of methoxy groups -OCH3 is 2. The maximum absolute atomic E-state index is 5.30. The van der Waals surface area contributed by atoms with E-state index in [4.69, 9.17) is 9.47 Å². The van der Waals surface area contributed by atoms with Gasteiger partial charge in [0.2, 0.25) is 0 Å². The smallest absolute Gasteiger partial charge is 0.161 e. The van der Waals surface area contributed by atoms with E-state index < -0.39 is 0 Å². The zero-order valence-corrected chi connectivity index (χ0v) is 12.4. The molecule has 2 nitrogen and oxygen atoms in total. The third kappa shape index (κ3) is 3.21. The maximum atomic E-state index is 5.30. The predicted octanol–water partition coefficient (Wildman–Crippen LogP) is 4.49. The summed E-state index contributed by atoms with van der Waals surface area (Å²) in [4.78, 5) is 0. The van der Waals surface area contributed by atoms with Gasteiger partial charge in [-0.1, -0.05) is 36.4 Å². The number of benzene rings is 2. The van der Waals surface area contributed by atoms with Gasteiger partial charge < -0.3 is 9.47 Å². The Morgan fingerprint density at radius 2 is 1.30 bits per heavy atom. The van der Waals surface area contributed by atoms with Crippen LogP contribution >= 0.6 is 0 Å². The number of hydrogen-bond acceptors (Lipinski definition) is 2. The van der Waals surface area contributed by atoms with Gasteiger partial charge in [0.25, 0.3) is 0 Å². The fourth-order valence-electron chi connectivity index (χ4n) is 2.02. The van der Waals surface area contributed by atoms with Crippen molar-refractivity contribution in [1.82, 2.24) is 0 Å². The molecule has 0 radical (unpaired) electrons. The zero-order chi connectivity index (χ0) is 14.5. The predicted molar refractivity (Wildman–Crippen MR) is 84.4 cm³/mol. The van der Waals surface area contributed by atoms with Gasteiger partial charge in [-0.05, 0) is 48.2 Å². The van der Waals surface area contributed by atoms with Crippen molar-refractivity contribution in [2.45, 2.75) is 13.8 Å². The van der Waals surface area contributed by atoms with Crippen molar-refractivity contribution in [3.8, 4) is 11.5 Å². The Kier molecular flexibility index (Phi) is 4.46. The minimum atomic E-state index is 0.745.